The van der Waals surface area contributed by atoms with Gasteiger partial charge in [-0.2, -0.15) is 0 Å². The molecule has 1 unspecified atom stereocenters. The van der Waals surface area contributed by atoms with E-state index < -0.39 is 0 Å². The summed E-state index contributed by atoms with van der Waals surface area (Å²) >= 11 is 0. The van der Waals surface area contributed by atoms with Gasteiger partial charge in [-0.3, -0.25) is 9.69 Å². The van der Waals surface area contributed by atoms with Crippen LogP contribution in [0.5, 0.6) is 0 Å². The number of amides is 1. The summed E-state index contributed by atoms with van der Waals surface area (Å²) < 4.78 is 5.32. The molecule has 0 aromatic rings. The Morgan fingerprint density at radius 2 is 1.81 bits per heavy atom. The third kappa shape index (κ3) is 11.2. The van der Waals surface area contributed by atoms with E-state index >= 15 is 0 Å². The minimum atomic E-state index is 0. The molecule has 3 N–H and O–H groups in total. The van der Waals surface area contributed by atoms with Crippen LogP contribution in [0.4, 0.5) is 0 Å². The van der Waals surface area contributed by atoms with Gasteiger partial charge in [-0.15, -0.1) is 24.8 Å². The zero-order chi connectivity index (χ0) is 13.9. The highest BCUT2D eigenvalue weighted by Crippen LogP contribution is 2.04. The first-order chi connectivity index (χ1) is 9.24. The van der Waals surface area contributed by atoms with E-state index in [0.717, 1.165) is 65.1 Å². The molecule has 1 fully saturated rings. The molecule has 1 amide bonds. The number of nitrogens with two attached hydrogens (primary N) is 1. The van der Waals surface area contributed by atoms with E-state index in [4.69, 9.17) is 10.5 Å². The average Bonchev–Trinajstić information content (AvgIpc) is 2.45. The van der Waals surface area contributed by atoms with Gasteiger partial charge in [-0.1, -0.05) is 12.8 Å². The van der Waals surface area contributed by atoms with Crippen molar-refractivity contribution >= 4 is 30.7 Å². The predicted molar refractivity (Wildman–Crippen MR) is 91.5 cm³/mol. The fourth-order valence-corrected chi connectivity index (χ4v) is 2.28. The smallest absolute Gasteiger partial charge is 0.220 e. The van der Waals surface area contributed by atoms with Gasteiger partial charge in [-0.25, -0.2) is 0 Å². The zero-order valence-electron chi connectivity index (χ0n) is 13.0. The van der Waals surface area contributed by atoms with Crippen molar-refractivity contribution in [1.82, 2.24) is 10.2 Å². The zero-order valence-corrected chi connectivity index (χ0v) is 14.6. The van der Waals surface area contributed by atoms with E-state index in [1.54, 1.807) is 0 Å². The molecule has 21 heavy (non-hydrogen) atoms. The maximum atomic E-state index is 11.7. The van der Waals surface area contributed by atoms with Crippen LogP contribution in [0.15, 0.2) is 0 Å². The van der Waals surface area contributed by atoms with Crippen molar-refractivity contribution in [3.05, 3.63) is 0 Å². The van der Waals surface area contributed by atoms with Gasteiger partial charge in [-0.05, 0) is 26.3 Å². The molecule has 1 heterocycles. The summed E-state index contributed by atoms with van der Waals surface area (Å²) in [6.45, 7) is 7.20. The van der Waals surface area contributed by atoms with Gasteiger partial charge in [0.25, 0.3) is 0 Å². The lowest BCUT2D eigenvalue weighted by Crippen LogP contribution is -2.47. The van der Waals surface area contributed by atoms with Crippen LogP contribution < -0.4 is 11.1 Å². The highest BCUT2D eigenvalue weighted by Gasteiger charge is 2.17. The van der Waals surface area contributed by atoms with Crippen LogP contribution in [0.1, 0.15) is 39.0 Å². The summed E-state index contributed by atoms with van der Waals surface area (Å²) in [7, 11) is 0. The Morgan fingerprint density at radius 3 is 2.43 bits per heavy atom. The van der Waals surface area contributed by atoms with E-state index in [2.05, 4.69) is 17.1 Å². The van der Waals surface area contributed by atoms with Crippen molar-refractivity contribution in [3.63, 3.8) is 0 Å². The number of carbonyl (C=O) groups excluding carboxylic acids is 1. The maximum Gasteiger partial charge on any atom is 0.220 e. The summed E-state index contributed by atoms with van der Waals surface area (Å²) in [4.78, 5) is 14.1. The quantitative estimate of drug-likeness (QED) is 0.623. The third-order valence-electron chi connectivity index (χ3n) is 3.62. The average molecular weight is 344 g/mol. The number of hydrogen-bond donors (Lipinski definition) is 2. The van der Waals surface area contributed by atoms with Crippen LogP contribution in [0.3, 0.4) is 0 Å². The second-order valence-corrected chi connectivity index (χ2v) is 5.25. The molecular formula is C14H31Cl2N3O2. The monoisotopic (exact) mass is 343 g/mol. The molecule has 0 aliphatic carbocycles. The topological polar surface area (TPSA) is 67.6 Å². The molecule has 1 aliphatic heterocycles. The molecule has 0 aromatic carbocycles. The summed E-state index contributed by atoms with van der Waals surface area (Å²) in [5.41, 5.74) is 5.43. The Labute approximate surface area is 141 Å². The molecule has 1 atom stereocenters. The third-order valence-corrected chi connectivity index (χ3v) is 3.62. The number of rotatable bonds is 9. The Kier molecular flexibility index (Phi) is 16.4. The second-order valence-electron chi connectivity index (χ2n) is 5.25. The van der Waals surface area contributed by atoms with Crippen LogP contribution in [0.25, 0.3) is 0 Å². The molecule has 0 radical (unpaired) electrons. The summed E-state index contributed by atoms with van der Waals surface area (Å²) in [6, 6.07) is 0.394. The Balaban J connectivity index is 0. The van der Waals surface area contributed by atoms with Crippen molar-refractivity contribution < 1.29 is 9.53 Å². The highest BCUT2D eigenvalue weighted by molar-refractivity contribution is 5.85. The number of hydrogen-bond acceptors (Lipinski definition) is 4. The Hall–Kier alpha value is -0.0700. The lowest BCUT2D eigenvalue weighted by atomic mass is 10.1. The van der Waals surface area contributed by atoms with Crippen molar-refractivity contribution in [2.45, 2.75) is 45.1 Å². The first kappa shape index (κ1) is 23.2. The normalized spacial score (nSPS) is 16.5. The van der Waals surface area contributed by atoms with Crippen LogP contribution >= 0.6 is 24.8 Å². The van der Waals surface area contributed by atoms with E-state index in [1.165, 1.54) is 0 Å². The summed E-state index contributed by atoms with van der Waals surface area (Å²) in [5, 5.41) is 3.02. The molecule has 128 valence electrons. The highest BCUT2D eigenvalue weighted by atomic mass is 35.5. The minimum Gasteiger partial charge on any atom is -0.379 e. The van der Waals surface area contributed by atoms with Gasteiger partial charge in [0.2, 0.25) is 5.91 Å². The number of ether oxygens (including phenoxy) is 1. The summed E-state index contributed by atoms with van der Waals surface area (Å²) in [5.74, 6) is 0.174. The molecular weight excluding hydrogens is 313 g/mol. The molecule has 0 aromatic heterocycles. The molecule has 5 nitrogen and oxygen atoms in total. The number of morpholine rings is 1. The van der Waals surface area contributed by atoms with Crippen molar-refractivity contribution in [2.75, 3.05) is 39.4 Å². The van der Waals surface area contributed by atoms with E-state index in [1.807, 2.05) is 0 Å². The predicted octanol–water partition coefficient (Wildman–Crippen LogP) is 1.58. The van der Waals surface area contributed by atoms with Crippen LogP contribution in [0.2, 0.25) is 0 Å². The standard InChI is InChI=1S/C14H29N3O2.2ClH/c1-13(17-8-10-19-11-9-17)12-16-14(18)6-4-2-3-5-7-15;;/h13H,2-12,15H2,1H3,(H,16,18);2*1H. The van der Waals surface area contributed by atoms with Gasteiger partial charge in [0.05, 0.1) is 13.2 Å². The first-order valence-corrected chi connectivity index (χ1v) is 7.52. The molecule has 1 rings (SSSR count). The van der Waals surface area contributed by atoms with Crippen molar-refractivity contribution in [2.24, 2.45) is 5.73 Å². The van der Waals surface area contributed by atoms with Gasteiger partial charge in [0.1, 0.15) is 0 Å². The number of halogens is 2. The van der Waals surface area contributed by atoms with Gasteiger partial charge >= 0.3 is 0 Å². The van der Waals surface area contributed by atoms with Crippen LogP contribution in [-0.2, 0) is 9.53 Å². The SMILES string of the molecule is CC(CNC(=O)CCCCCCN)N1CCOCC1.Cl.Cl. The summed E-state index contributed by atoms with van der Waals surface area (Å²) in [6.07, 6.45) is 4.91. The molecule has 1 saturated heterocycles. The van der Waals surface area contributed by atoms with Gasteiger partial charge < -0.3 is 15.8 Å². The molecule has 0 saturated carbocycles. The second kappa shape index (κ2) is 14.9. The molecule has 0 bridgehead atoms. The fraction of sp³-hybridized carbons (Fsp3) is 0.929. The maximum absolute atomic E-state index is 11.7. The van der Waals surface area contributed by atoms with E-state index in [0.29, 0.717) is 12.5 Å². The van der Waals surface area contributed by atoms with Crippen molar-refractivity contribution in [1.29, 1.82) is 0 Å². The van der Waals surface area contributed by atoms with Crippen LogP contribution in [0, 0.1) is 0 Å². The van der Waals surface area contributed by atoms with E-state index in [9.17, 15) is 4.79 Å². The lowest BCUT2D eigenvalue weighted by Gasteiger charge is -2.32. The molecule has 7 heteroatoms. The van der Waals surface area contributed by atoms with Gasteiger partial charge in [0.15, 0.2) is 0 Å². The largest absolute Gasteiger partial charge is 0.379 e. The number of carbonyl (C=O) groups is 1. The van der Waals surface area contributed by atoms with Gasteiger partial charge in [0, 0.05) is 32.1 Å². The van der Waals surface area contributed by atoms with Crippen LogP contribution in [-0.4, -0.2) is 56.2 Å². The number of unbranched alkanes of at least 4 members (excludes halogenated alkanes) is 3. The number of nitrogens with one attached hydrogen (secondary N) is 1. The molecule has 1 aliphatic rings. The Bertz CT molecular complexity index is 252. The van der Waals surface area contributed by atoms with Crippen molar-refractivity contribution in [3.8, 4) is 0 Å². The van der Waals surface area contributed by atoms with E-state index in [-0.39, 0.29) is 30.7 Å². The first-order valence-electron chi connectivity index (χ1n) is 7.52. The number of nitrogens with zero attached hydrogens (tertiary/aromatic N) is 1. The minimum absolute atomic E-state index is 0. The fourth-order valence-electron chi connectivity index (χ4n) is 2.28. The molecule has 0 spiro atoms. The lowest BCUT2D eigenvalue weighted by molar-refractivity contribution is -0.121. The Morgan fingerprint density at radius 1 is 1.19 bits per heavy atom.